The van der Waals surface area contributed by atoms with Gasteiger partial charge in [-0.05, 0) is 18.6 Å². The van der Waals surface area contributed by atoms with E-state index in [2.05, 4.69) is 55.3 Å². The van der Waals surface area contributed by atoms with Gasteiger partial charge in [-0.15, -0.1) is 0 Å². The number of hydrogen-bond donors (Lipinski definition) is 0. The number of likely N-dealkylation sites (N-methyl/N-ethyl adjacent to an activating group) is 2. The summed E-state index contributed by atoms with van der Waals surface area (Å²) < 4.78 is 2.02. The first-order valence-electron chi connectivity index (χ1n) is 4.87. The van der Waals surface area contributed by atoms with Gasteiger partial charge in [0, 0.05) is 0 Å². The van der Waals surface area contributed by atoms with E-state index in [-0.39, 0.29) is 34.0 Å². The maximum atomic E-state index is 2.35. The fourth-order valence-electron chi connectivity index (χ4n) is 1.24. The summed E-state index contributed by atoms with van der Waals surface area (Å²) in [6.45, 7) is 4.48. The second-order valence-electron chi connectivity index (χ2n) is 5.97. The summed E-state index contributed by atoms with van der Waals surface area (Å²) in [4.78, 5) is 0. The Morgan fingerprint density at radius 3 is 1.53 bits per heavy atom. The summed E-state index contributed by atoms with van der Waals surface area (Å²) in [5.74, 6) is 0. The smallest absolute Gasteiger partial charge is 0.0996 e. The van der Waals surface area contributed by atoms with Crippen molar-refractivity contribution < 1.29 is 42.9 Å². The largest absolute Gasteiger partial charge is 1.00 e. The lowest BCUT2D eigenvalue weighted by Gasteiger charge is -2.26. The van der Waals surface area contributed by atoms with Crippen molar-refractivity contribution in [3.05, 3.63) is 11.6 Å². The molecule has 0 spiro atoms. The molecule has 0 fully saturated rings. The molecule has 0 amide bonds. The lowest BCUT2D eigenvalue weighted by atomic mass is 10.2. The van der Waals surface area contributed by atoms with E-state index in [4.69, 9.17) is 0 Å². The van der Waals surface area contributed by atoms with Crippen LogP contribution in [0.4, 0.5) is 0 Å². The molecule has 0 atom stereocenters. The van der Waals surface area contributed by atoms with Crippen LogP contribution in [0.5, 0.6) is 0 Å². The van der Waals surface area contributed by atoms with Gasteiger partial charge in [0.15, 0.2) is 0 Å². The van der Waals surface area contributed by atoms with Crippen molar-refractivity contribution in [1.82, 2.24) is 0 Å². The van der Waals surface area contributed by atoms with Gasteiger partial charge in [-0.25, -0.2) is 0 Å². The van der Waals surface area contributed by atoms with E-state index in [1.54, 1.807) is 0 Å². The third kappa shape index (κ3) is 17.2. The third-order valence-electron chi connectivity index (χ3n) is 1.71. The van der Waals surface area contributed by atoms with Crippen molar-refractivity contribution in [3.63, 3.8) is 0 Å². The molecule has 0 aromatic heterocycles. The predicted octanol–water partition coefficient (Wildman–Crippen LogP) is -4.65. The monoisotopic (exact) mass is 344 g/mol. The van der Waals surface area contributed by atoms with Crippen molar-refractivity contribution in [2.75, 3.05) is 55.4 Å². The zero-order valence-electron chi connectivity index (χ0n) is 11.1. The maximum Gasteiger partial charge on any atom is 0.0996 e. The molecule has 2 nitrogen and oxygen atoms in total. The van der Waals surface area contributed by atoms with Crippen LogP contribution in [0.15, 0.2) is 11.6 Å². The number of halogens is 2. The summed E-state index contributed by atoms with van der Waals surface area (Å²) in [6, 6.07) is 0. The molecule has 0 rings (SSSR count). The highest BCUT2D eigenvalue weighted by molar-refractivity contribution is 4.97. The first kappa shape index (κ1) is 21.0. The molecule has 0 aromatic carbocycles. The van der Waals surface area contributed by atoms with E-state index < -0.39 is 0 Å². The van der Waals surface area contributed by atoms with Crippen LogP contribution < -0.4 is 34.0 Å². The van der Waals surface area contributed by atoms with Crippen LogP contribution in [0.3, 0.4) is 0 Å². The van der Waals surface area contributed by atoms with E-state index >= 15 is 0 Å². The SMILES string of the molecule is CC(=CC[N+](C)(C)C)C[N+](C)(C)C.[Br-].[Br-]. The van der Waals surface area contributed by atoms with Crippen LogP contribution >= 0.6 is 0 Å². The van der Waals surface area contributed by atoms with Crippen LogP contribution in [0.2, 0.25) is 0 Å². The molecule has 0 saturated carbocycles. The molecule has 4 heteroatoms. The van der Waals surface area contributed by atoms with E-state index in [0.717, 1.165) is 22.1 Å². The normalized spacial score (nSPS) is 12.9. The van der Waals surface area contributed by atoms with Crippen LogP contribution in [-0.4, -0.2) is 64.3 Å². The molecule has 94 valence electrons. The van der Waals surface area contributed by atoms with Crippen molar-refractivity contribution >= 4 is 0 Å². The van der Waals surface area contributed by atoms with E-state index in [9.17, 15) is 0 Å². The molecule has 0 aromatic rings. The Morgan fingerprint density at radius 2 is 1.27 bits per heavy atom. The Morgan fingerprint density at radius 1 is 0.867 bits per heavy atom. The van der Waals surface area contributed by atoms with Gasteiger partial charge in [-0.3, -0.25) is 0 Å². The molecule has 0 bridgehead atoms. The lowest BCUT2D eigenvalue weighted by Crippen LogP contribution is -3.00. The Labute approximate surface area is 117 Å². The minimum atomic E-state index is 0. The van der Waals surface area contributed by atoms with E-state index in [0.29, 0.717) is 0 Å². The average molecular weight is 346 g/mol. The quantitative estimate of drug-likeness (QED) is 0.355. The summed E-state index contributed by atoms with van der Waals surface area (Å²) in [5, 5.41) is 0. The van der Waals surface area contributed by atoms with Crippen LogP contribution in [0, 0.1) is 0 Å². The van der Waals surface area contributed by atoms with Gasteiger partial charge in [-0.2, -0.15) is 0 Å². The first-order chi connectivity index (χ1) is 5.60. The number of rotatable bonds is 4. The number of quaternary nitrogens is 2. The van der Waals surface area contributed by atoms with Crippen molar-refractivity contribution in [2.45, 2.75) is 6.92 Å². The van der Waals surface area contributed by atoms with Gasteiger partial charge in [0.05, 0.1) is 55.4 Å². The van der Waals surface area contributed by atoms with Gasteiger partial charge in [0.25, 0.3) is 0 Å². The zero-order valence-corrected chi connectivity index (χ0v) is 14.3. The molecule has 0 unspecified atom stereocenters. The van der Waals surface area contributed by atoms with Gasteiger partial charge in [-0.1, -0.05) is 0 Å². The van der Waals surface area contributed by atoms with Crippen molar-refractivity contribution in [2.24, 2.45) is 0 Å². The highest BCUT2D eigenvalue weighted by Crippen LogP contribution is 2.02. The Balaban J connectivity index is -0.000000720. The molecule has 0 saturated heterocycles. The summed E-state index contributed by atoms with van der Waals surface area (Å²) in [6.07, 6.45) is 2.35. The van der Waals surface area contributed by atoms with Gasteiger partial charge >= 0.3 is 0 Å². The van der Waals surface area contributed by atoms with Gasteiger partial charge in [0.1, 0.15) is 0 Å². The summed E-state index contributed by atoms with van der Waals surface area (Å²) in [5.41, 5.74) is 1.49. The minimum absolute atomic E-state index is 0. The topological polar surface area (TPSA) is 0 Å². The highest BCUT2D eigenvalue weighted by Gasteiger charge is 2.09. The Bertz CT molecular complexity index is 188. The van der Waals surface area contributed by atoms with E-state index in [1.165, 1.54) is 5.57 Å². The third-order valence-corrected chi connectivity index (χ3v) is 1.71. The molecule has 0 heterocycles. The van der Waals surface area contributed by atoms with E-state index in [1.807, 2.05) is 0 Å². The molecule has 0 aliphatic heterocycles. The molecule has 0 aliphatic rings. The fourth-order valence-corrected chi connectivity index (χ4v) is 1.24. The van der Waals surface area contributed by atoms with Gasteiger partial charge in [0.2, 0.25) is 0 Å². The number of hydrogen-bond acceptors (Lipinski definition) is 0. The molecular formula is C11H26Br2N2. The minimum Gasteiger partial charge on any atom is -1.00 e. The van der Waals surface area contributed by atoms with Crippen LogP contribution in [0.25, 0.3) is 0 Å². The van der Waals surface area contributed by atoms with Crippen LogP contribution in [-0.2, 0) is 0 Å². The molecule has 0 N–H and O–H groups in total. The van der Waals surface area contributed by atoms with Crippen molar-refractivity contribution in [1.29, 1.82) is 0 Å². The lowest BCUT2D eigenvalue weighted by molar-refractivity contribution is -0.867. The Kier molecular flexibility index (Phi) is 10.9. The standard InChI is InChI=1S/C11H26N2.2BrH/c1-11(10-13(5,6)7)8-9-12(2,3)4;;/h8H,9-10H2,1-7H3;2*1H/q+2;;/p-2. The average Bonchev–Trinajstić information content (AvgIpc) is 1.78. The maximum absolute atomic E-state index is 2.35. The molecular weight excluding hydrogens is 320 g/mol. The van der Waals surface area contributed by atoms with Crippen molar-refractivity contribution in [3.8, 4) is 0 Å². The molecule has 15 heavy (non-hydrogen) atoms. The summed E-state index contributed by atoms with van der Waals surface area (Å²) in [7, 11) is 13.3. The summed E-state index contributed by atoms with van der Waals surface area (Å²) >= 11 is 0. The van der Waals surface area contributed by atoms with Crippen LogP contribution in [0.1, 0.15) is 6.92 Å². The van der Waals surface area contributed by atoms with Gasteiger partial charge < -0.3 is 42.9 Å². The number of nitrogens with zero attached hydrogens (tertiary/aromatic N) is 2. The molecule has 0 radical (unpaired) electrons. The highest BCUT2D eigenvalue weighted by atomic mass is 79.9. The zero-order chi connectivity index (χ0) is 10.7. The second-order valence-corrected chi connectivity index (χ2v) is 5.97. The Hall–Kier alpha value is 0.620. The fraction of sp³-hybridized carbons (Fsp3) is 0.818. The second kappa shape index (κ2) is 7.82. The predicted molar refractivity (Wildman–Crippen MR) is 59.6 cm³/mol. The first-order valence-corrected chi connectivity index (χ1v) is 4.87. The molecule has 0 aliphatic carbocycles.